The van der Waals surface area contributed by atoms with Gasteiger partial charge >= 0.3 is 6.09 Å². The second-order valence-corrected chi connectivity index (χ2v) is 4.03. The summed E-state index contributed by atoms with van der Waals surface area (Å²) in [7, 11) is 0. The summed E-state index contributed by atoms with van der Waals surface area (Å²) in [6.45, 7) is 0. The fraction of sp³-hybridized carbons (Fsp3) is 0.143. The number of fused-ring (bicyclic) bond motifs is 1. The Bertz CT molecular complexity index is 575. The average Bonchev–Trinajstić information content (AvgIpc) is 2.38. The molecule has 18 heavy (non-hydrogen) atoms. The minimum atomic E-state index is -1.19. The van der Waals surface area contributed by atoms with Gasteiger partial charge in [0.2, 0.25) is 0 Å². The highest BCUT2D eigenvalue weighted by Gasteiger charge is 2.12. The molecule has 2 aromatic carbocycles. The van der Waals surface area contributed by atoms with Gasteiger partial charge in [0.15, 0.2) is 0 Å². The van der Waals surface area contributed by atoms with Gasteiger partial charge in [0.25, 0.3) is 0 Å². The summed E-state index contributed by atoms with van der Waals surface area (Å²) in [6, 6.07) is 12.9. The number of amides is 1. The standard InChI is InChI=1S/C14H13NO3/c16-9-12(15-14(17)18)8-11-6-3-5-10-4-1-2-7-13(10)11/h1-7,9,12,15H,8H2,(H,17,18). The third kappa shape index (κ3) is 2.66. The van der Waals surface area contributed by atoms with E-state index in [1.165, 1.54) is 0 Å². The van der Waals surface area contributed by atoms with E-state index in [0.717, 1.165) is 16.3 Å². The van der Waals surface area contributed by atoms with E-state index in [4.69, 9.17) is 5.11 Å². The first-order valence-electron chi connectivity index (χ1n) is 5.62. The van der Waals surface area contributed by atoms with Gasteiger partial charge in [-0.05, 0) is 16.3 Å². The molecule has 4 heteroatoms. The summed E-state index contributed by atoms with van der Waals surface area (Å²) in [6.07, 6.45) is -0.208. The van der Waals surface area contributed by atoms with Crippen LogP contribution in [-0.2, 0) is 11.2 Å². The number of carboxylic acid groups (broad SMARTS) is 1. The lowest BCUT2D eigenvalue weighted by Gasteiger charge is -2.12. The van der Waals surface area contributed by atoms with Crippen LogP contribution in [0.25, 0.3) is 10.8 Å². The Morgan fingerprint density at radius 3 is 2.67 bits per heavy atom. The van der Waals surface area contributed by atoms with E-state index in [9.17, 15) is 9.59 Å². The molecule has 0 aliphatic rings. The molecule has 0 bridgehead atoms. The summed E-state index contributed by atoms with van der Waals surface area (Å²) in [5.41, 5.74) is 0.957. The largest absolute Gasteiger partial charge is 0.465 e. The minimum absolute atomic E-state index is 0.358. The molecule has 2 N–H and O–H groups in total. The van der Waals surface area contributed by atoms with Crippen LogP contribution >= 0.6 is 0 Å². The Morgan fingerprint density at radius 2 is 1.94 bits per heavy atom. The van der Waals surface area contributed by atoms with E-state index in [2.05, 4.69) is 5.32 Å². The third-order valence-electron chi connectivity index (χ3n) is 2.79. The van der Waals surface area contributed by atoms with Crippen LogP contribution in [0.3, 0.4) is 0 Å². The lowest BCUT2D eigenvalue weighted by molar-refractivity contribution is -0.109. The normalized spacial score (nSPS) is 12.0. The minimum Gasteiger partial charge on any atom is -0.465 e. The fourth-order valence-electron chi connectivity index (χ4n) is 2.00. The van der Waals surface area contributed by atoms with E-state index >= 15 is 0 Å². The average molecular weight is 243 g/mol. The number of rotatable bonds is 4. The highest BCUT2D eigenvalue weighted by atomic mass is 16.4. The van der Waals surface area contributed by atoms with Crippen molar-refractivity contribution in [2.45, 2.75) is 12.5 Å². The van der Waals surface area contributed by atoms with Crippen molar-refractivity contribution in [3.05, 3.63) is 48.0 Å². The lowest BCUT2D eigenvalue weighted by Crippen LogP contribution is -2.36. The Labute approximate surface area is 104 Å². The van der Waals surface area contributed by atoms with Gasteiger partial charge < -0.3 is 15.2 Å². The zero-order valence-corrected chi connectivity index (χ0v) is 9.67. The van der Waals surface area contributed by atoms with Gasteiger partial charge in [-0.1, -0.05) is 42.5 Å². The molecule has 0 heterocycles. The molecule has 1 amide bonds. The Balaban J connectivity index is 2.30. The van der Waals surface area contributed by atoms with Gasteiger partial charge in [-0.3, -0.25) is 0 Å². The number of hydrogen-bond donors (Lipinski definition) is 2. The SMILES string of the molecule is O=CC(Cc1cccc2ccccc12)NC(=O)O. The molecule has 0 aliphatic heterocycles. The monoisotopic (exact) mass is 243 g/mol. The number of aldehydes is 1. The third-order valence-corrected chi connectivity index (χ3v) is 2.79. The molecular formula is C14H13NO3. The topological polar surface area (TPSA) is 66.4 Å². The molecule has 0 saturated carbocycles. The van der Waals surface area contributed by atoms with Crippen LogP contribution in [0.2, 0.25) is 0 Å². The quantitative estimate of drug-likeness (QED) is 0.809. The molecule has 0 aliphatic carbocycles. The molecule has 0 radical (unpaired) electrons. The van der Waals surface area contributed by atoms with Gasteiger partial charge in [-0.2, -0.15) is 0 Å². The van der Waals surface area contributed by atoms with Crippen molar-refractivity contribution in [1.29, 1.82) is 0 Å². The Morgan fingerprint density at radius 1 is 1.22 bits per heavy atom. The number of hydrogen-bond acceptors (Lipinski definition) is 2. The van der Waals surface area contributed by atoms with E-state index < -0.39 is 12.1 Å². The van der Waals surface area contributed by atoms with Gasteiger partial charge in [0.05, 0.1) is 6.04 Å². The van der Waals surface area contributed by atoms with Gasteiger partial charge in [-0.15, -0.1) is 0 Å². The van der Waals surface area contributed by atoms with Crippen molar-refractivity contribution in [3.8, 4) is 0 Å². The van der Waals surface area contributed by atoms with Gasteiger partial charge in [0.1, 0.15) is 6.29 Å². The predicted octanol–water partition coefficient (Wildman–Crippen LogP) is 2.22. The molecule has 2 rings (SSSR count). The molecular weight excluding hydrogens is 230 g/mol. The first-order valence-corrected chi connectivity index (χ1v) is 5.62. The van der Waals surface area contributed by atoms with Crippen LogP contribution in [-0.4, -0.2) is 23.5 Å². The molecule has 0 saturated heterocycles. The molecule has 4 nitrogen and oxygen atoms in total. The van der Waals surface area contributed by atoms with E-state index in [0.29, 0.717) is 12.7 Å². The lowest BCUT2D eigenvalue weighted by atomic mass is 9.99. The van der Waals surface area contributed by atoms with E-state index in [1.807, 2.05) is 42.5 Å². The van der Waals surface area contributed by atoms with Crippen molar-refractivity contribution >= 4 is 23.2 Å². The summed E-state index contributed by atoms with van der Waals surface area (Å²) >= 11 is 0. The van der Waals surface area contributed by atoms with Crippen LogP contribution in [0, 0.1) is 0 Å². The number of nitrogens with one attached hydrogen (secondary N) is 1. The van der Waals surface area contributed by atoms with Crippen molar-refractivity contribution in [3.63, 3.8) is 0 Å². The summed E-state index contributed by atoms with van der Waals surface area (Å²) in [5, 5.41) is 12.9. The first-order chi connectivity index (χ1) is 8.70. The van der Waals surface area contributed by atoms with Gasteiger partial charge in [-0.25, -0.2) is 4.79 Å². The number of carbonyl (C=O) groups excluding carboxylic acids is 1. The van der Waals surface area contributed by atoms with E-state index in [-0.39, 0.29) is 0 Å². The second-order valence-electron chi connectivity index (χ2n) is 4.03. The predicted molar refractivity (Wildman–Crippen MR) is 68.7 cm³/mol. The van der Waals surface area contributed by atoms with Crippen molar-refractivity contribution in [1.82, 2.24) is 5.32 Å². The van der Waals surface area contributed by atoms with Crippen LogP contribution in [0.1, 0.15) is 5.56 Å². The maximum Gasteiger partial charge on any atom is 0.405 e. The molecule has 1 unspecified atom stereocenters. The molecule has 0 aromatic heterocycles. The van der Waals surface area contributed by atoms with E-state index in [1.54, 1.807) is 0 Å². The zero-order valence-electron chi connectivity index (χ0n) is 9.67. The Hall–Kier alpha value is -2.36. The van der Waals surface area contributed by atoms with Crippen molar-refractivity contribution in [2.75, 3.05) is 0 Å². The molecule has 92 valence electrons. The number of carbonyl (C=O) groups is 2. The smallest absolute Gasteiger partial charge is 0.405 e. The second kappa shape index (κ2) is 5.31. The number of benzene rings is 2. The van der Waals surface area contributed by atoms with Crippen molar-refractivity contribution < 1.29 is 14.7 Å². The highest BCUT2D eigenvalue weighted by Crippen LogP contribution is 2.19. The van der Waals surface area contributed by atoms with Gasteiger partial charge in [0, 0.05) is 6.42 Å². The maximum absolute atomic E-state index is 10.9. The summed E-state index contributed by atoms with van der Waals surface area (Å²) in [4.78, 5) is 21.4. The summed E-state index contributed by atoms with van der Waals surface area (Å²) in [5.74, 6) is 0. The molecule has 0 fully saturated rings. The maximum atomic E-state index is 10.9. The highest BCUT2D eigenvalue weighted by molar-refractivity contribution is 5.86. The molecule has 2 aromatic rings. The van der Waals surface area contributed by atoms with Crippen molar-refractivity contribution in [2.24, 2.45) is 0 Å². The van der Waals surface area contributed by atoms with Crippen LogP contribution < -0.4 is 5.32 Å². The first kappa shape index (κ1) is 12.1. The Kier molecular flexibility index (Phi) is 3.57. The fourth-order valence-corrected chi connectivity index (χ4v) is 2.00. The zero-order chi connectivity index (χ0) is 13.0. The molecule has 1 atom stereocenters. The van der Waals surface area contributed by atoms with Crippen LogP contribution in [0.15, 0.2) is 42.5 Å². The summed E-state index contributed by atoms with van der Waals surface area (Å²) < 4.78 is 0. The molecule has 0 spiro atoms. The van der Waals surface area contributed by atoms with Crippen LogP contribution in [0.5, 0.6) is 0 Å². The van der Waals surface area contributed by atoms with Crippen LogP contribution in [0.4, 0.5) is 4.79 Å².